The molecule has 1 aliphatic rings. The van der Waals surface area contributed by atoms with E-state index in [-0.39, 0.29) is 36.0 Å². The van der Waals surface area contributed by atoms with Crippen LogP contribution < -0.4 is 16.0 Å². The molecule has 1 aromatic heterocycles. The van der Waals surface area contributed by atoms with Crippen molar-refractivity contribution in [1.29, 1.82) is 0 Å². The summed E-state index contributed by atoms with van der Waals surface area (Å²) >= 11 is 0. The molecule has 1 fully saturated rings. The standard InChI is InChI=1S/C20H24N4O3/c1-13(11-15-6-4-10-21-19(15)26)23-18(25)12-22-20(27)17-9-8-14-5-2-3-7-16(14)24-17/h2-3,5,7-9,13,15H,4,6,10-12H2,1H3,(H,21,26)(H,22,27)(H,23,25). The van der Waals surface area contributed by atoms with Crippen molar-refractivity contribution >= 4 is 28.6 Å². The second-order valence-electron chi connectivity index (χ2n) is 6.91. The Labute approximate surface area is 157 Å². The van der Waals surface area contributed by atoms with Crippen molar-refractivity contribution in [3.63, 3.8) is 0 Å². The number of nitrogens with zero attached hydrogens (tertiary/aromatic N) is 1. The highest BCUT2D eigenvalue weighted by molar-refractivity contribution is 5.96. The number of rotatable bonds is 6. The summed E-state index contributed by atoms with van der Waals surface area (Å²) in [5.74, 6) is -0.688. The lowest BCUT2D eigenvalue weighted by atomic mass is 9.92. The number of benzene rings is 1. The van der Waals surface area contributed by atoms with Crippen molar-refractivity contribution in [2.75, 3.05) is 13.1 Å². The van der Waals surface area contributed by atoms with Gasteiger partial charge in [0.15, 0.2) is 0 Å². The number of aromatic nitrogens is 1. The Morgan fingerprint density at radius 3 is 2.89 bits per heavy atom. The highest BCUT2D eigenvalue weighted by atomic mass is 16.2. The Morgan fingerprint density at radius 1 is 1.26 bits per heavy atom. The van der Waals surface area contributed by atoms with Crippen molar-refractivity contribution in [2.45, 2.75) is 32.2 Å². The number of hydrogen-bond donors (Lipinski definition) is 3. The van der Waals surface area contributed by atoms with Gasteiger partial charge in [0.05, 0.1) is 12.1 Å². The number of pyridine rings is 1. The second kappa shape index (κ2) is 8.62. The van der Waals surface area contributed by atoms with Crippen LogP contribution in [0.5, 0.6) is 0 Å². The maximum atomic E-state index is 12.2. The summed E-state index contributed by atoms with van der Waals surface area (Å²) in [6, 6.07) is 10.9. The zero-order chi connectivity index (χ0) is 19.2. The Morgan fingerprint density at radius 2 is 2.07 bits per heavy atom. The smallest absolute Gasteiger partial charge is 0.270 e. The van der Waals surface area contributed by atoms with Crippen LogP contribution in [0, 0.1) is 5.92 Å². The molecule has 0 aliphatic carbocycles. The predicted molar refractivity (Wildman–Crippen MR) is 102 cm³/mol. The van der Waals surface area contributed by atoms with Crippen molar-refractivity contribution in [1.82, 2.24) is 20.9 Å². The number of amides is 3. The molecule has 7 heteroatoms. The molecule has 0 saturated carbocycles. The number of hydrogen-bond acceptors (Lipinski definition) is 4. The van der Waals surface area contributed by atoms with Crippen molar-refractivity contribution in [3.05, 3.63) is 42.1 Å². The molecular weight excluding hydrogens is 344 g/mol. The van der Waals surface area contributed by atoms with Gasteiger partial charge in [0.25, 0.3) is 5.91 Å². The minimum atomic E-state index is -0.393. The van der Waals surface area contributed by atoms with Crippen LogP contribution in [0.2, 0.25) is 0 Å². The fourth-order valence-electron chi connectivity index (χ4n) is 3.32. The summed E-state index contributed by atoms with van der Waals surface area (Å²) in [5.41, 5.74) is 1.00. The molecule has 1 aromatic carbocycles. The minimum Gasteiger partial charge on any atom is -0.356 e. The number of carbonyl (C=O) groups excluding carboxylic acids is 3. The Bertz CT molecular complexity index is 852. The normalized spacial score (nSPS) is 17.8. The maximum absolute atomic E-state index is 12.2. The van der Waals surface area contributed by atoms with Crippen molar-refractivity contribution in [3.8, 4) is 0 Å². The molecule has 2 heterocycles. The lowest BCUT2D eigenvalue weighted by Gasteiger charge is -2.25. The molecule has 0 radical (unpaired) electrons. The van der Waals surface area contributed by atoms with E-state index in [0.717, 1.165) is 30.3 Å². The molecule has 0 bridgehead atoms. The fraction of sp³-hybridized carbons (Fsp3) is 0.400. The van der Waals surface area contributed by atoms with Gasteiger partial charge in [0.2, 0.25) is 11.8 Å². The Balaban J connectivity index is 1.47. The first-order valence-corrected chi connectivity index (χ1v) is 9.24. The van der Waals surface area contributed by atoms with Crippen LogP contribution in [-0.2, 0) is 9.59 Å². The first kappa shape index (κ1) is 18.8. The third-order valence-electron chi connectivity index (χ3n) is 4.69. The molecule has 7 nitrogen and oxygen atoms in total. The first-order chi connectivity index (χ1) is 13.0. The molecule has 142 valence electrons. The Kier molecular flexibility index (Phi) is 6.01. The van der Waals surface area contributed by atoms with Crippen LogP contribution >= 0.6 is 0 Å². The summed E-state index contributed by atoms with van der Waals surface area (Å²) in [6.07, 6.45) is 2.40. The average molecular weight is 368 g/mol. The zero-order valence-electron chi connectivity index (χ0n) is 15.3. The molecule has 1 saturated heterocycles. The van der Waals surface area contributed by atoms with Gasteiger partial charge in [-0.1, -0.05) is 24.3 Å². The molecule has 3 amide bonds. The summed E-state index contributed by atoms with van der Waals surface area (Å²) in [5, 5.41) is 9.22. The number of fused-ring (bicyclic) bond motifs is 1. The Hall–Kier alpha value is -2.96. The number of piperidine rings is 1. The lowest BCUT2D eigenvalue weighted by Crippen LogP contribution is -2.44. The van der Waals surface area contributed by atoms with Gasteiger partial charge in [-0.3, -0.25) is 14.4 Å². The van der Waals surface area contributed by atoms with E-state index < -0.39 is 5.91 Å². The topological polar surface area (TPSA) is 100 Å². The van der Waals surface area contributed by atoms with E-state index in [2.05, 4.69) is 20.9 Å². The number of carbonyl (C=O) groups is 3. The number of para-hydroxylation sites is 1. The van der Waals surface area contributed by atoms with Gasteiger partial charge in [-0.05, 0) is 38.3 Å². The second-order valence-corrected chi connectivity index (χ2v) is 6.91. The molecule has 27 heavy (non-hydrogen) atoms. The van der Waals surface area contributed by atoms with Gasteiger partial charge < -0.3 is 16.0 Å². The quantitative estimate of drug-likeness (QED) is 0.717. The summed E-state index contributed by atoms with van der Waals surface area (Å²) in [7, 11) is 0. The third-order valence-corrected chi connectivity index (χ3v) is 4.69. The van der Waals surface area contributed by atoms with Gasteiger partial charge in [-0.25, -0.2) is 4.98 Å². The van der Waals surface area contributed by atoms with E-state index in [9.17, 15) is 14.4 Å². The number of nitrogens with one attached hydrogen (secondary N) is 3. The van der Waals surface area contributed by atoms with E-state index in [1.807, 2.05) is 37.3 Å². The fourth-order valence-corrected chi connectivity index (χ4v) is 3.32. The van der Waals surface area contributed by atoms with E-state index in [0.29, 0.717) is 6.42 Å². The maximum Gasteiger partial charge on any atom is 0.270 e. The molecule has 2 atom stereocenters. The van der Waals surface area contributed by atoms with Crippen molar-refractivity contribution < 1.29 is 14.4 Å². The van der Waals surface area contributed by atoms with Crippen LogP contribution in [0.1, 0.15) is 36.7 Å². The van der Waals surface area contributed by atoms with Crippen LogP contribution in [0.3, 0.4) is 0 Å². The lowest BCUT2D eigenvalue weighted by molar-refractivity contribution is -0.127. The van der Waals surface area contributed by atoms with Gasteiger partial charge in [0, 0.05) is 23.9 Å². The zero-order valence-corrected chi connectivity index (χ0v) is 15.3. The van der Waals surface area contributed by atoms with Crippen LogP contribution in [0.25, 0.3) is 10.9 Å². The van der Waals surface area contributed by atoms with Gasteiger partial charge >= 0.3 is 0 Å². The minimum absolute atomic E-state index is 0.0537. The van der Waals surface area contributed by atoms with Gasteiger partial charge in [-0.15, -0.1) is 0 Å². The summed E-state index contributed by atoms with van der Waals surface area (Å²) < 4.78 is 0. The molecule has 1 aliphatic heterocycles. The third kappa shape index (κ3) is 5.03. The molecule has 2 aromatic rings. The molecule has 0 spiro atoms. The molecular formula is C20H24N4O3. The monoisotopic (exact) mass is 368 g/mol. The average Bonchev–Trinajstić information content (AvgIpc) is 2.67. The molecule has 3 N–H and O–H groups in total. The first-order valence-electron chi connectivity index (χ1n) is 9.24. The molecule has 3 rings (SSSR count). The van der Waals surface area contributed by atoms with Crippen LogP contribution in [0.4, 0.5) is 0 Å². The van der Waals surface area contributed by atoms with E-state index >= 15 is 0 Å². The van der Waals surface area contributed by atoms with Crippen LogP contribution in [0.15, 0.2) is 36.4 Å². The van der Waals surface area contributed by atoms with E-state index in [4.69, 9.17) is 0 Å². The SMILES string of the molecule is CC(CC1CCCNC1=O)NC(=O)CNC(=O)c1ccc2ccccc2n1. The van der Waals surface area contributed by atoms with Gasteiger partial charge in [-0.2, -0.15) is 0 Å². The largest absolute Gasteiger partial charge is 0.356 e. The van der Waals surface area contributed by atoms with Crippen LogP contribution in [-0.4, -0.2) is 41.8 Å². The predicted octanol–water partition coefficient (Wildman–Crippen LogP) is 1.39. The highest BCUT2D eigenvalue weighted by Gasteiger charge is 2.24. The molecule has 2 unspecified atom stereocenters. The summed E-state index contributed by atoms with van der Waals surface area (Å²) in [4.78, 5) is 40.4. The highest BCUT2D eigenvalue weighted by Crippen LogP contribution is 2.17. The van der Waals surface area contributed by atoms with Gasteiger partial charge in [0.1, 0.15) is 5.69 Å². The van der Waals surface area contributed by atoms with E-state index in [1.54, 1.807) is 6.07 Å². The summed E-state index contributed by atoms with van der Waals surface area (Å²) in [6.45, 7) is 2.46. The van der Waals surface area contributed by atoms with E-state index in [1.165, 1.54) is 0 Å². The van der Waals surface area contributed by atoms with Crippen molar-refractivity contribution in [2.24, 2.45) is 5.92 Å².